The number of nitrogen functional groups attached to an aromatic ring is 1. The van der Waals surface area contributed by atoms with Crippen molar-refractivity contribution in [2.24, 2.45) is 0 Å². The molecule has 0 bridgehead atoms. The van der Waals surface area contributed by atoms with Gasteiger partial charge >= 0.3 is 0 Å². The maximum Gasteiger partial charge on any atom is 0.0575 e. The van der Waals surface area contributed by atoms with Crippen LogP contribution in [0.4, 0.5) is 11.4 Å². The molecule has 3 nitrogen and oxygen atoms in total. The molecule has 0 fully saturated rings. The topological polar surface area (TPSA) is 53.8 Å². The van der Waals surface area contributed by atoms with Gasteiger partial charge in [-0.3, -0.25) is 0 Å². The zero-order valence-corrected chi connectivity index (χ0v) is 11.4. The molecule has 4 heteroatoms. The van der Waals surface area contributed by atoms with Gasteiger partial charge in [0.1, 0.15) is 0 Å². The second-order valence-corrected chi connectivity index (χ2v) is 5.49. The molecule has 4 N–H and O–H groups in total. The minimum atomic E-state index is 0.00950. The standard InChI is InChI=1S/C14H18ClN3/c1-14(2,13-4-3-7-17-13)9-18-12-6-5-10(15)8-11(12)16/h3-8,17-18H,9,16H2,1-2H3. The highest BCUT2D eigenvalue weighted by molar-refractivity contribution is 6.31. The summed E-state index contributed by atoms with van der Waals surface area (Å²) in [5.74, 6) is 0. The SMILES string of the molecule is CC(C)(CNc1ccc(Cl)cc1N)c1ccc[nH]1. The molecule has 0 saturated heterocycles. The average Bonchev–Trinajstić information content (AvgIpc) is 2.82. The van der Waals surface area contributed by atoms with E-state index in [-0.39, 0.29) is 5.41 Å². The van der Waals surface area contributed by atoms with Crippen LogP contribution >= 0.6 is 11.6 Å². The first-order chi connectivity index (χ1) is 8.49. The van der Waals surface area contributed by atoms with Crippen LogP contribution in [-0.4, -0.2) is 11.5 Å². The van der Waals surface area contributed by atoms with Gasteiger partial charge in [0.15, 0.2) is 0 Å². The summed E-state index contributed by atoms with van der Waals surface area (Å²) >= 11 is 5.88. The van der Waals surface area contributed by atoms with E-state index in [1.165, 1.54) is 5.69 Å². The number of hydrogen-bond acceptors (Lipinski definition) is 2. The molecule has 1 aromatic carbocycles. The molecule has 0 amide bonds. The molecule has 0 unspecified atom stereocenters. The predicted molar refractivity (Wildman–Crippen MR) is 78.2 cm³/mol. The second kappa shape index (κ2) is 4.94. The zero-order valence-electron chi connectivity index (χ0n) is 10.6. The summed E-state index contributed by atoms with van der Waals surface area (Å²) in [7, 11) is 0. The minimum absolute atomic E-state index is 0.00950. The van der Waals surface area contributed by atoms with Crippen LogP contribution in [0.25, 0.3) is 0 Å². The van der Waals surface area contributed by atoms with E-state index in [0.29, 0.717) is 10.7 Å². The van der Waals surface area contributed by atoms with Crippen LogP contribution < -0.4 is 11.1 Å². The number of halogens is 1. The van der Waals surface area contributed by atoms with Crippen molar-refractivity contribution >= 4 is 23.0 Å². The van der Waals surface area contributed by atoms with E-state index < -0.39 is 0 Å². The summed E-state index contributed by atoms with van der Waals surface area (Å²) in [5, 5.41) is 4.02. The van der Waals surface area contributed by atoms with Gasteiger partial charge in [-0.15, -0.1) is 0 Å². The lowest BCUT2D eigenvalue weighted by Crippen LogP contribution is -2.28. The molecule has 2 rings (SSSR count). The normalized spacial score (nSPS) is 11.5. The molecular formula is C14H18ClN3. The van der Waals surface area contributed by atoms with E-state index in [9.17, 15) is 0 Å². The van der Waals surface area contributed by atoms with E-state index in [1.807, 2.05) is 24.4 Å². The van der Waals surface area contributed by atoms with Crippen LogP contribution in [0.1, 0.15) is 19.5 Å². The summed E-state index contributed by atoms with van der Waals surface area (Å²) in [6.45, 7) is 5.15. The number of anilines is 2. The first kappa shape index (κ1) is 12.8. The lowest BCUT2D eigenvalue weighted by Gasteiger charge is -2.25. The lowest BCUT2D eigenvalue weighted by molar-refractivity contribution is 0.542. The van der Waals surface area contributed by atoms with Gasteiger partial charge < -0.3 is 16.0 Å². The number of aromatic amines is 1. The maximum absolute atomic E-state index is 5.91. The summed E-state index contributed by atoms with van der Waals surface area (Å²) in [6, 6.07) is 9.59. The Hall–Kier alpha value is -1.61. The highest BCUT2D eigenvalue weighted by atomic mass is 35.5. The fourth-order valence-electron chi connectivity index (χ4n) is 1.86. The van der Waals surface area contributed by atoms with Gasteiger partial charge in [0.25, 0.3) is 0 Å². The Morgan fingerprint density at radius 2 is 2.11 bits per heavy atom. The molecule has 18 heavy (non-hydrogen) atoms. The molecule has 0 saturated carbocycles. The van der Waals surface area contributed by atoms with E-state index in [1.54, 1.807) is 6.07 Å². The number of benzene rings is 1. The van der Waals surface area contributed by atoms with Crippen molar-refractivity contribution in [1.82, 2.24) is 4.98 Å². The van der Waals surface area contributed by atoms with Crippen molar-refractivity contribution in [3.05, 3.63) is 47.2 Å². The molecule has 0 aliphatic carbocycles. The molecule has 0 spiro atoms. The smallest absolute Gasteiger partial charge is 0.0575 e. The van der Waals surface area contributed by atoms with Gasteiger partial charge in [0.2, 0.25) is 0 Å². The van der Waals surface area contributed by atoms with Gasteiger partial charge in [0.05, 0.1) is 11.4 Å². The van der Waals surface area contributed by atoms with E-state index in [0.717, 1.165) is 12.2 Å². The van der Waals surface area contributed by atoms with Crippen LogP contribution in [0.3, 0.4) is 0 Å². The third-order valence-corrected chi connectivity index (χ3v) is 3.30. The third kappa shape index (κ3) is 2.79. The molecule has 0 aliphatic heterocycles. The van der Waals surface area contributed by atoms with Crippen molar-refractivity contribution in [2.45, 2.75) is 19.3 Å². The fraction of sp³-hybridized carbons (Fsp3) is 0.286. The molecule has 1 aromatic heterocycles. The monoisotopic (exact) mass is 263 g/mol. The van der Waals surface area contributed by atoms with Crippen molar-refractivity contribution in [2.75, 3.05) is 17.6 Å². The summed E-state index contributed by atoms with van der Waals surface area (Å²) in [6.07, 6.45) is 1.94. The molecule has 0 aliphatic rings. The third-order valence-electron chi connectivity index (χ3n) is 3.06. The maximum atomic E-state index is 5.91. The van der Waals surface area contributed by atoms with E-state index >= 15 is 0 Å². The Balaban J connectivity index is 2.07. The van der Waals surface area contributed by atoms with Crippen LogP contribution in [0, 0.1) is 0 Å². The van der Waals surface area contributed by atoms with Crippen LogP contribution in [0.2, 0.25) is 5.02 Å². The van der Waals surface area contributed by atoms with Gasteiger partial charge in [0, 0.05) is 28.9 Å². The minimum Gasteiger partial charge on any atom is -0.397 e. The highest BCUT2D eigenvalue weighted by Gasteiger charge is 2.21. The quantitative estimate of drug-likeness (QED) is 0.738. The Kier molecular flexibility index (Phi) is 3.53. The summed E-state index contributed by atoms with van der Waals surface area (Å²) in [5.41, 5.74) is 8.71. The van der Waals surface area contributed by atoms with Crippen molar-refractivity contribution in [3.63, 3.8) is 0 Å². The number of rotatable bonds is 4. The van der Waals surface area contributed by atoms with Gasteiger partial charge in [-0.2, -0.15) is 0 Å². The van der Waals surface area contributed by atoms with Crippen molar-refractivity contribution in [3.8, 4) is 0 Å². The van der Waals surface area contributed by atoms with Gasteiger partial charge in [-0.05, 0) is 30.3 Å². The highest BCUT2D eigenvalue weighted by Crippen LogP contribution is 2.26. The molecule has 0 radical (unpaired) electrons. The Morgan fingerprint density at radius 3 is 2.72 bits per heavy atom. The number of nitrogens with two attached hydrogens (primary N) is 1. The van der Waals surface area contributed by atoms with Gasteiger partial charge in [-0.1, -0.05) is 25.4 Å². The zero-order chi connectivity index (χ0) is 13.2. The molecule has 96 valence electrons. The van der Waals surface area contributed by atoms with Gasteiger partial charge in [-0.25, -0.2) is 0 Å². The molecular weight excluding hydrogens is 246 g/mol. The fourth-order valence-corrected chi connectivity index (χ4v) is 2.04. The number of nitrogens with one attached hydrogen (secondary N) is 2. The average molecular weight is 264 g/mol. The van der Waals surface area contributed by atoms with E-state index in [4.69, 9.17) is 17.3 Å². The molecule has 1 heterocycles. The molecule has 0 atom stereocenters. The number of H-pyrrole nitrogens is 1. The molecule has 2 aromatic rings. The summed E-state index contributed by atoms with van der Waals surface area (Å²) in [4.78, 5) is 3.25. The largest absolute Gasteiger partial charge is 0.397 e. The van der Waals surface area contributed by atoms with E-state index in [2.05, 4.69) is 30.2 Å². The van der Waals surface area contributed by atoms with Crippen LogP contribution in [-0.2, 0) is 5.41 Å². The summed E-state index contributed by atoms with van der Waals surface area (Å²) < 4.78 is 0. The number of hydrogen-bond donors (Lipinski definition) is 3. The number of aromatic nitrogens is 1. The van der Waals surface area contributed by atoms with Crippen molar-refractivity contribution in [1.29, 1.82) is 0 Å². The van der Waals surface area contributed by atoms with Crippen molar-refractivity contribution < 1.29 is 0 Å². The first-order valence-corrected chi connectivity index (χ1v) is 6.29. The second-order valence-electron chi connectivity index (χ2n) is 5.05. The first-order valence-electron chi connectivity index (χ1n) is 5.92. The lowest BCUT2D eigenvalue weighted by atomic mass is 9.89. The van der Waals surface area contributed by atoms with Crippen LogP contribution in [0.5, 0.6) is 0 Å². The Morgan fingerprint density at radius 1 is 1.33 bits per heavy atom. The Labute approximate surface area is 112 Å². The Bertz CT molecular complexity index is 518. The predicted octanol–water partition coefficient (Wildman–Crippen LogP) is 3.64. The van der Waals surface area contributed by atoms with Crippen LogP contribution in [0.15, 0.2) is 36.5 Å².